The number of nitrogens with one attached hydrogen (secondary N) is 1. The van der Waals surface area contributed by atoms with E-state index < -0.39 is 0 Å². The highest BCUT2D eigenvalue weighted by molar-refractivity contribution is 6.01. The van der Waals surface area contributed by atoms with Crippen molar-refractivity contribution in [1.29, 1.82) is 0 Å². The third kappa shape index (κ3) is 2.48. The molecule has 21 heavy (non-hydrogen) atoms. The van der Waals surface area contributed by atoms with Gasteiger partial charge in [-0.3, -0.25) is 4.79 Å². The number of allylic oxidation sites excluding steroid dienone is 6. The maximum absolute atomic E-state index is 12.2. The van der Waals surface area contributed by atoms with Crippen LogP contribution in [0.25, 0.3) is 0 Å². The predicted octanol–water partition coefficient (Wildman–Crippen LogP) is 2.38. The second kappa shape index (κ2) is 5.32. The van der Waals surface area contributed by atoms with Crippen molar-refractivity contribution in [1.82, 2.24) is 5.32 Å². The number of phenols is 1. The first-order chi connectivity index (χ1) is 10.2. The molecule has 4 heteroatoms. The maximum Gasteiger partial charge on any atom is 0.252 e. The second-order valence-electron chi connectivity index (χ2n) is 4.83. The van der Waals surface area contributed by atoms with Gasteiger partial charge < -0.3 is 15.2 Å². The molecule has 0 bridgehead atoms. The van der Waals surface area contributed by atoms with Gasteiger partial charge in [-0.1, -0.05) is 30.4 Å². The molecule has 0 saturated heterocycles. The van der Waals surface area contributed by atoms with Gasteiger partial charge in [0.1, 0.15) is 0 Å². The minimum atomic E-state index is -0.108. The Balaban J connectivity index is 1.65. The number of carbonyl (C=O) groups excluding carboxylic acids is 1. The highest BCUT2D eigenvalue weighted by atomic mass is 16.5. The summed E-state index contributed by atoms with van der Waals surface area (Å²) in [7, 11) is 1.49. The quantitative estimate of drug-likeness (QED) is 0.891. The third-order valence-electron chi connectivity index (χ3n) is 3.51. The average Bonchev–Trinajstić information content (AvgIpc) is 3.08. The molecule has 1 amide bonds. The average molecular weight is 281 g/mol. The van der Waals surface area contributed by atoms with Gasteiger partial charge in [0.25, 0.3) is 5.91 Å². The molecular weight excluding hydrogens is 266 g/mol. The lowest BCUT2D eigenvalue weighted by Gasteiger charge is -2.09. The van der Waals surface area contributed by atoms with Crippen LogP contribution in [0.4, 0.5) is 0 Å². The van der Waals surface area contributed by atoms with E-state index in [-0.39, 0.29) is 11.7 Å². The van der Waals surface area contributed by atoms with Crippen molar-refractivity contribution in [3.63, 3.8) is 0 Å². The fraction of sp³-hybridized carbons (Fsp3) is 0.118. The summed E-state index contributed by atoms with van der Waals surface area (Å²) >= 11 is 0. The monoisotopic (exact) mass is 281 g/mol. The van der Waals surface area contributed by atoms with E-state index >= 15 is 0 Å². The Labute approximate surface area is 122 Å². The smallest absolute Gasteiger partial charge is 0.252 e. The highest BCUT2D eigenvalue weighted by Crippen LogP contribution is 2.31. The fourth-order valence-corrected chi connectivity index (χ4v) is 2.40. The summed E-state index contributed by atoms with van der Waals surface area (Å²) in [5, 5.41) is 12.4. The molecule has 2 aliphatic carbocycles. The van der Waals surface area contributed by atoms with E-state index in [1.165, 1.54) is 7.11 Å². The molecule has 2 N–H and O–H groups in total. The van der Waals surface area contributed by atoms with Crippen molar-refractivity contribution in [3.05, 3.63) is 70.9 Å². The van der Waals surface area contributed by atoms with Crippen LogP contribution in [0.3, 0.4) is 0 Å². The minimum absolute atomic E-state index is 0.0853. The number of phenolic OH excluding ortho intramolecular Hbond substituents is 1. The van der Waals surface area contributed by atoms with E-state index in [2.05, 4.69) is 5.32 Å². The van der Waals surface area contributed by atoms with Gasteiger partial charge in [0.05, 0.1) is 7.11 Å². The topological polar surface area (TPSA) is 58.6 Å². The fourth-order valence-electron chi connectivity index (χ4n) is 2.40. The summed E-state index contributed by atoms with van der Waals surface area (Å²) in [6, 6.07) is 5.01. The van der Waals surface area contributed by atoms with Crippen LogP contribution >= 0.6 is 0 Å². The van der Waals surface area contributed by atoms with Gasteiger partial charge in [-0.2, -0.15) is 0 Å². The van der Waals surface area contributed by atoms with Gasteiger partial charge in [-0.05, 0) is 34.9 Å². The van der Waals surface area contributed by atoms with Crippen LogP contribution < -0.4 is 10.1 Å². The zero-order valence-corrected chi connectivity index (χ0v) is 11.6. The molecule has 4 nitrogen and oxygen atoms in total. The number of carbonyl (C=O) groups is 1. The number of fused-ring (bicyclic) bond motifs is 1. The molecule has 106 valence electrons. The Morgan fingerprint density at radius 3 is 2.95 bits per heavy atom. The molecular formula is C17H15NO3. The summed E-state index contributed by atoms with van der Waals surface area (Å²) in [5.41, 5.74) is 3.59. The van der Waals surface area contributed by atoms with Crippen LogP contribution in [-0.2, 0) is 11.3 Å². The van der Waals surface area contributed by atoms with E-state index in [0.29, 0.717) is 17.9 Å². The largest absolute Gasteiger partial charge is 0.504 e. The maximum atomic E-state index is 12.2. The molecule has 0 aliphatic heterocycles. The lowest BCUT2D eigenvalue weighted by atomic mass is 10.1. The summed E-state index contributed by atoms with van der Waals surface area (Å²) < 4.78 is 5.05. The Morgan fingerprint density at radius 2 is 2.14 bits per heavy atom. The lowest BCUT2D eigenvalue weighted by molar-refractivity contribution is -0.117. The van der Waals surface area contributed by atoms with Crippen molar-refractivity contribution < 1.29 is 14.6 Å². The number of hydrogen-bond donors (Lipinski definition) is 2. The van der Waals surface area contributed by atoms with Crippen molar-refractivity contribution in [2.24, 2.45) is 0 Å². The van der Waals surface area contributed by atoms with Crippen molar-refractivity contribution >= 4 is 5.91 Å². The van der Waals surface area contributed by atoms with Crippen LogP contribution in [0.5, 0.6) is 11.5 Å². The number of rotatable bonds is 4. The minimum Gasteiger partial charge on any atom is -0.504 e. The Hall–Kier alpha value is -2.75. The summed E-state index contributed by atoms with van der Waals surface area (Å²) in [6.07, 6.45) is 9.63. The second-order valence-corrected chi connectivity index (χ2v) is 4.83. The Kier molecular flexibility index (Phi) is 3.36. The zero-order chi connectivity index (χ0) is 14.8. The van der Waals surface area contributed by atoms with Crippen molar-refractivity contribution in [2.45, 2.75) is 6.54 Å². The molecule has 0 spiro atoms. The number of benzene rings is 1. The van der Waals surface area contributed by atoms with E-state index in [0.717, 1.165) is 16.7 Å². The molecule has 1 aromatic carbocycles. The first kappa shape index (κ1) is 13.2. The van der Waals surface area contributed by atoms with Crippen LogP contribution in [0.2, 0.25) is 0 Å². The molecule has 0 saturated carbocycles. The Bertz CT molecular complexity index is 724. The molecule has 0 unspecified atom stereocenters. The van der Waals surface area contributed by atoms with E-state index in [9.17, 15) is 9.90 Å². The number of ether oxygens (including phenoxy) is 1. The van der Waals surface area contributed by atoms with Crippen LogP contribution in [0, 0.1) is 0 Å². The summed E-state index contributed by atoms with van der Waals surface area (Å²) in [5.74, 6) is 0.374. The molecule has 0 fully saturated rings. The molecule has 0 atom stereocenters. The van der Waals surface area contributed by atoms with Gasteiger partial charge in [0.2, 0.25) is 0 Å². The Morgan fingerprint density at radius 1 is 1.29 bits per heavy atom. The highest BCUT2D eigenvalue weighted by Gasteiger charge is 2.21. The lowest BCUT2D eigenvalue weighted by Crippen LogP contribution is -2.24. The molecule has 0 aromatic heterocycles. The summed E-state index contributed by atoms with van der Waals surface area (Å²) in [6.45, 7) is 0.378. The number of methoxy groups -OCH3 is 1. The van der Waals surface area contributed by atoms with Gasteiger partial charge in [-0.15, -0.1) is 0 Å². The number of aromatic hydroxyl groups is 1. The first-order valence-corrected chi connectivity index (χ1v) is 6.64. The SMILES string of the molecule is COc1cc(CNC(=O)C2=CC=C3C=CC=C32)ccc1O. The van der Waals surface area contributed by atoms with E-state index in [1.807, 2.05) is 30.4 Å². The van der Waals surface area contributed by atoms with Crippen LogP contribution in [0.1, 0.15) is 5.56 Å². The third-order valence-corrected chi connectivity index (χ3v) is 3.51. The number of amides is 1. The van der Waals surface area contributed by atoms with Gasteiger partial charge in [0.15, 0.2) is 11.5 Å². The molecule has 2 aliphatic rings. The molecule has 0 radical (unpaired) electrons. The zero-order valence-electron chi connectivity index (χ0n) is 11.6. The van der Waals surface area contributed by atoms with Crippen LogP contribution in [0.15, 0.2) is 65.3 Å². The molecule has 0 heterocycles. The molecule has 3 rings (SSSR count). The first-order valence-electron chi connectivity index (χ1n) is 6.64. The standard InChI is InChI=1S/C17H15NO3/c1-21-16-9-11(5-8-15(16)19)10-18-17(20)14-7-6-12-3-2-4-13(12)14/h2-9,19H,10H2,1H3,(H,18,20). The van der Waals surface area contributed by atoms with Crippen molar-refractivity contribution in [3.8, 4) is 11.5 Å². The van der Waals surface area contributed by atoms with E-state index in [1.54, 1.807) is 18.2 Å². The van der Waals surface area contributed by atoms with Gasteiger partial charge >= 0.3 is 0 Å². The van der Waals surface area contributed by atoms with Gasteiger partial charge in [0, 0.05) is 12.1 Å². The van der Waals surface area contributed by atoms with Gasteiger partial charge in [-0.25, -0.2) is 0 Å². The van der Waals surface area contributed by atoms with Crippen LogP contribution in [-0.4, -0.2) is 18.1 Å². The predicted molar refractivity (Wildman–Crippen MR) is 79.9 cm³/mol. The summed E-state index contributed by atoms with van der Waals surface area (Å²) in [4.78, 5) is 12.2. The van der Waals surface area contributed by atoms with E-state index in [4.69, 9.17) is 4.74 Å². The van der Waals surface area contributed by atoms with Crippen molar-refractivity contribution in [2.75, 3.05) is 7.11 Å². The number of hydrogen-bond acceptors (Lipinski definition) is 3. The molecule has 1 aromatic rings. The normalized spacial score (nSPS) is 15.2.